The number of halogens is 1. The van der Waals surface area contributed by atoms with Gasteiger partial charge in [0.05, 0.1) is 22.2 Å². The Hall–Kier alpha value is -2.19. The molecule has 5 nitrogen and oxygen atoms in total. The fourth-order valence-electron chi connectivity index (χ4n) is 2.06. The zero-order valence-corrected chi connectivity index (χ0v) is 14.0. The van der Waals surface area contributed by atoms with Crippen molar-refractivity contribution in [3.05, 3.63) is 47.8 Å². The number of methoxy groups -OCH3 is 1. The van der Waals surface area contributed by atoms with Gasteiger partial charge in [0.15, 0.2) is 16.7 Å². The minimum atomic E-state index is -3.92. The summed E-state index contributed by atoms with van der Waals surface area (Å²) in [7, 11) is -2.60. The third kappa shape index (κ3) is 3.13. The number of benzene rings is 2. The fraction of sp³-hybridized carbons (Fsp3) is 0.133. The molecular weight excluding hydrogens is 339 g/mol. The normalized spacial score (nSPS) is 11.6. The van der Waals surface area contributed by atoms with Crippen molar-refractivity contribution < 1.29 is 17.5 Å². The van der Waals surface area contributed by atoms with Crippen LogP contribution < -0.4 is 9.46 Å². The second kappa shape index (κ2) is 5.78. The van der Waals surface area contributed by atoms with Crippen LogP contribution in [-0.4, -0.2) is 20.5 Å². The topological polar surface area (TPSA) is 68.3 Å². The SMILES string of the molecule is COc1ccc(S(=O)(=O)Nc2nc3ccc(C)cc3s2)cc1F. The minimum absolute atomic E-state index is 0.0144. The molecule has 120 valence electrons. The molecule has 0 aliphatic heterocycles. The summed E-state index contributed by atoms with van der Waals surface area (Å²) in [5, 5.41) is 0.238. The first-order chi connectivity index (χ1) is 10.9. The molecule has 23 heavy (non-hydrogen) atoms. The summed E-state index contributed by atoms with van der Waals surface area (Å²) < 4.78 is 46.4. The number of anilines is 1. The largest absolute Gasteiger partial charge is 0.494 e. The van der Waals surface area contributed by atoms with Gasteiger partial charge in [-0.05, 0) is 42.8 Å². The van der Waals surface area contributed by atoms with Crippen molar-refractivity contribution in [2.45, 2.75) is 11.8 Å². The van der Waals surface area contributed by atoms with Crippen molar-refractivity contribution in [1.29, 1.82) is 0 Å². The Balaban J connectivity index is 1.94. The Labute approximate surface area is 136 Å². The van der Waals surface area contributed by atoms with E-state index < -0.39 is 15.8 Å². The third-order valence-corrected chi connectivity index (χ3v) is 5.60. The van der Waals surface area contributed by atoms with Crippen molar-refractivity contribution in [3.63, 3.8) is 0 Å². The molecule has 1 heterocycles. The van der Waals surface area contributed by atoms with Crippen LogP contribution in [0.5, 0.6) is 5.75 Å². The number of nitrogens with zero attached hydrogens (tertiary/aromatic N) is 1. The molecule has 3 aromatic rings. The van der Waals surface area contributed by atoms with Gasteiger partial charge in [-0.15, -0.1) is 0 Å². The van der Waals surface area contributed by atoms with E-state index in [0.717, 1.165) is 16.3 Å². The van der Waals surface area contributed by atoms with E-state index in [9.17, 15) is 12.8 Å². The molecule has 0 aliphatic carbocycles. The van der Waals surface area contributed by atoms with Crippen LogP contribution in [0.25, 0.3) is 10.2 Å². The number of fused-ring (bicyclic) bond motifs is 1. The lowest BCUT2D eigenvalue weighted by molar-refractivity contribution is 0.385. The van der Waals surface area contributed by atoms with E-state index in [1.54, 1.807) is 0 Å². The maximum absolute atomic E-state index is 13.7. The molecule has 0 radical (unpaired) electrons. The number of rotatable bonds is 4. The zero-order chi connectivity index (χ0) is 16.6. The van der Waals surface area contributed by atoms with Gasteiger partial charge in [-0.25, -0.2) is 17.8 Å². The zero-order valence-electron chi connectivity index (χ0n) is 12.3. The summed E-state index contributed by atoms with van der Waals surface area (Å²) in [6.45, 7) is 1.95. The first-order valence-corrected chi connectivity index (χ1v) is 8.92. The highest BCUT2D eigenvalue weighted by Crippen LogP contribution is 2.29. The van der Waals surface area contributed by atoms with E-state index in [-0.39, 0.29) is 15.8 Å². The van der Waals surface area contributed by atoms with Crippen molar-refractivity contribution in [2.75, 3.05) is 11.8 Å². The summed E-state index contributed by atoms with van der Waals surface area (Å²) in [5.41, 5.74) is 1.77. The standard InChI is InChI=1S/C15H13FN2O3S2/c1-9-3-5-12-14(7-9)22-15(17-12)18-23(19,20)10-4-6-13(21-2)11(16)8-10/h3-8H,1-2H3,(H,17,18). The van der Waals surface area contributed by atoms with Crippen molar-refractivity contribution in [1.82, 2.24) is 4.98 Å². The van der Waals surface area contributed by atoms with E-state index in [1.807, 2.05) is 25.1 Å². The highest BCUT2D eigenvalue weighted by atomic mass is 32.2. The Bertz CT molecular complexity index is 984. The van der Waals surface area contributed by atoms with Gasteiger partial charge >= 0.3 is 0 Å². The highest BCUT2D eigenvalue weighted by molar-refractivity contribution is 7.93. The Morgan fingerprint density at radius 3 is 2.70 bits per heavy atom. The van der Waals surface area contributed by atoms with Gasteiger partial charge in [0.2, 0.25) is 0 Å². The number of hydrogen-bond donors (Lipinski definition) is 1. The van der Waals surface area contributed by atoms with Gasteiger partial charge in [-0.3, -0.25) is 4.72 Å². The lowest BCUT2D eigenvalue weighted by atomic mass is 10.2. The van der Waals surface area contributed by atoms with Crippen molar-refractivity contribution in [2.24, 2.45) is 0 Å². The number of nitrogens with one attached hydrogen (secondary N) is 1. The summed E-state index contributed by atoms with van der Waals surface area (Å²) in [6.07, 6.45) is 0. The molecule has 0 saturated carbocycles. The summed E-state index contributed by atoms with van der Waals surface area (Å²) in [5.74, 6) is -0.755. The van der Waals surface area contributed by atoms with Crippen LogP contribution in [0.1, 0.15) is 5.56 Å². The molecule has 0 atom stereocenters. The smallest absolute Gasteiger partial charge is 0.263 e. The van der Waals surface area contributed by atoms with Gasteiger partial charge in [-0.1, -0.05) is 17.4 Å². The Morgan fingerprint density at radius 2 is 2.00 bits per heavy atom. The van der Waals surface area contributed by atoms with E-state index in [1.165, 1.54) is 30.6 Å². The second-order valence-electron chi connectivity index (χ2n) is 4.89. The van der Waals surface area contributed by atoms with Crippen LogP contribution in [0.4, 0.5) is 9.52 Å². The summed E-state index contributed by atoms with van der Waals surface area (Å²) >= 11 is 1.23. The molecule has 0 aliphatic rings. The van der Waals surface area contributed by atoms with E-state index in [2.05, 4.69) is 9.71 Å². The molecule has 0 spiro atoms. The van der Waals surface area contributed by atoms with Gasteiger partial charge in [0.25, 0.3) is 10.0 Å². The predicted molar refractivity (Wildman–Crippen MR) is 88.1 cm³/mol. The number of sulfonamides is 1. The monoisotopic (exact) mass is 352 g/mol. The number of aromatic nitrogens is 1. The molecule has 2 aromatic carbocycles. The fourth-order valence-corrected chi connectivity index (χ4v) is 4.27. The molecular formula is C15H13FN2O3S2. The molecule has 1 aromatic heterocycles. The summed E-state index contributed by atoms with van der Waals surface area (Å²) in [6, 6.07) is 9.12. The van der Waals surface area contributed by atoms with Crippen LogP contribution in [0, 0.1) is 12.7 Å². The molecule has 1 N–H and O–H groups in total. The number of hydrogen-bond acceptors (Lipinski definition) is 5. The van der Waals surface area contributed by atoms with Gasteiger partial charge in [0.1, 0.15) is 0 Å². The lowest BCUT2D eigenvalue weighted by Gasteiger charge is -2.07. The molecule has 3 rings (SSSR count). The van der Waals surface area contributed by atoms with Gasteiger partial charge in [-0.2, -0.15) is 0 Å². The maximum Gasteiger partial charge on any atom is 0.263 e. The molecule has 0 fully saturated rings. The van der Waals surface area contributed by atoms with Crippen LogP contribution in [0.3, 0.4) is 0 Å². The van der Waals surface area contributed by atoms with Gasteiger partial charge in [0, 0.05) is 0 Å². The molecule has 0 bridgehead atoms. The van der Waals surface area contributed by atoms with E-state index in [0.29, 0.717) is 5.52 Å². The minimum Gasteiger partial charge on any atom is -0.494 e. The Kier molecular flexibility index (Phi) is 3.95. The highest BCUT2D eigenvalue weighted by Gasteiger charge is 2.18. The summed E-state index contributed by atoms with van der Waals surface area (Å²) in [4.78, 5) is 4.04. The lowest BCUT2D eigenvalue weighted by Crippen LogP contribution is -2.13. The second-order valence-corrected chi connectivity index (χ2v) is 7.61. The Morgan fingerprint density at radius 1 is 1.22 bits per heavy atom. The van der Waals surface area contributed by atoms with Crippen LogP contribution >= 0.6 is 11.3 Å². The first kappa shape index (κ1) is 15.7. The van der Waals surface area contributed by atoms with Crippen molar-refractivity contribution in [3.8, 4) is 5.75 Å². The quantitative estimate of drug-likeness (QED) is 0.780. The molecule has 8 heteroatoms. The number of aryl methyl sites for hydroxylation is 1. The number of ether oxygens (including phenoxy) is 1. The van der Waals surface area contributed by atoms with Crippen LogP contribution in [0.15, 0.2) is 41.3 Å². The molecule has 0 unspecified atom stereocenters. The molecule has 0 saturated heterocycles. The first-order valence-electron chi connectivity index (χ1n) is 6.62. The third-order valence-electron chi connectivity index (χ3n) is 3.20. The predicted octanol–water partition coefficient (Wildman–Crippen LogP) is 3.55. The van der Waals surface area contributed by atoms with Crippen LogP contribution in [-0.2, 0) is 10.0 Å². The van der Waals surface area contributed by atoms with E-state index in [4.69, 9.17) is 4.74 Å². The van der Waals surface area contributed by atoms with Crippen LogP contribution in [0.2, 0.25) is 0 Å². The maximum atomic E-state index is 13.7. The molecule has 0 amide bonds. The van der Waals surface area contributed by atoms with Crippen molar-refractivity contribution >= 4 is 36.7 Å². The number of thiazole rings is 1. The van der Waals surface area contributed by atoms with E-state index >= 15 is 0 Å². The average molecular weight is 352 g/mol. The van der Waals surface area contributed by atoms with Gasteiger partial charge < -0.3 is 4.74 Å². The average Bonchev–Trinajstić information content (AvgIpc) is 2.87.